The van der Waals surface area contributed by atoms with Crippen LogP contribution in [0.2, 0.25) is 0 Å². The van der Waals surface area contributed by atoms with E-state index in [1.165, 1.54) is 18.1 Å². The first-order valence-electron chi connectivity index (χ1n) is 4.17. The van der Waals surface area contributed by atoms with E-state index >= 15 is 0 Å². The van der Waals surface area contributed by atoms with Crippen LogP contribution < -0.4 is 0 Å². The summed E-state index contributed by atoms with van der Waals surface area (Å²) in [6, 6.07) is 6.33. The van der Waals surface area contributed by atoms with Gasteiger partial charge in [-0.1, -0.05) is 18.2 Å². The van der Waals surface area contributed by atoms with Gasteiger partial charge in [0, 0.05) is 12.6 Å². The van der Waals surface area contributed by atoms with Gasteiger partial charge >= 0.3 is 6.09 Å². The number of rotatable bonds is 2. The third kappa shape index (κ3) is 2.45. The standard InChI is InChI=1S/C10H12FNO2/c1-12(10(13)14-2)7-8-5-3-4-6-9(8)11/h3-6H,7H2,1-2H3. The van der Waals surface area contributed by atoms with Crippen molar-refractivity contribution in [2.75, 3.05) is 14.2 Å². The Morgan fingerprint density at radius 3 is 2.71 bits per heavy atom. The molecule has 1 aromatic carbocycles. The Balaban J connectivity index is 2.69. The SMILES string of the molecule is COC(=O)N(C)Cc1ccccc1F. The van der Waals surface area contributed by atoms with E-state index in [0.717, 1.165) is 0 Å². The van der Waals surface area contributed by atoms with E-state index < -0.39 is 6.09 Å². The molecule has 0 bridgehead atoms. The van der Waals surface area contributed by atoms with Crippen molar-refractivity contribution in [3.05, 3.63) is 35.6 Å². The molecule has 4 heteroatoms. The summed E-state index contributed by atoms with van der Waals surface area (Å²) < 4.78 is 17.6. The Kier molecular flexibility index (Phi) is 3.45. The second-order valence-electron chi connectivity index (χ2n) is 2.92. The average molecular weight is 197 g/mol. The zero-order chi connectivity index (χ0) is 10.6. The van der Waals surface area contributed by atoms with Crippen molar-refractivity contribution in [1.29, 1.82) is 0 Å². The number of carbonyl (C=O) groups excluding carboxylic acids is 1. The monoisotopic (exact) mass is 197 g/mol. The van der Waals surface area contributed by atoms with Gasteiger partial charge in [-0.2, -0.15) is 0 Å². The maximum absolute atomic E-state index is 13.1. The van der Waals surface area contributed by atoms with Crippen LogP contribution in [0.25, 0.3) is 0 Å². The van der Waals surface area contributed by atoms with E-state index in [2.05, 4.69) is 4.74 Å². The maximum Gasteiger partial charge on any atom is 0.409 e. The summed E-state index contributed by atoms with van der Waals surface area (Å²) in [4.78, 5) is 12.3. The molecular formula is C10H12FNO2. The minimum absolute atomic E-state index is 0.208. The lowest BCUT2D eigenvalue weighted by molar-refractivity contribution is 0.131. The molecule has 0 spiro atoms. The van der Waals surface area contributed by atoms with Crippen LogP contribution in [0, 0.1) is 5.82 Å². The zero-order valence-corrected chi connectivity index (χ0v) is 8.16. The molecule has 1 aromatic rings. The van der Waals surface area contributed by atoms with Crippen LogP contribution in [0.1, 0.15) is 5.56 Å². The van der Waals surface area contributed by atoms with Gasteiger partial charge in [-0.3, -0.25) is 0 Å². The van der Waals surface area contributed by atoms with Crippen LogP contribution in [0.15, 0.2) is 24.3 Å². The number of ether oxygens (including phenoxy) is 1. The second kappa shape index (κ2) is 4.60. The van der Waals surface area contributed by atoms with Gasteiger partial charge in [0.25, 0.3) is 0 Å². The summed E-state index contributed by atoms with van der Waals surface area (Å²) in [5, 5.41) is 0. The Morgan fingerprint density at radius 1 is 1.50 bits per heavy atom. The van der Waals surface area contributed by atoms with Gasteiger partial charge in [-0.15, -0.1) is 0 Å². The molecule has 3 nitrogen and oxygen atoms in total. The molecule has 14 heavy (non-hydrogen) atoms. The Bertz CT molecular complexity index is 328. The number of halogens is 1. The van der Waals surface area contributed by atoms with Crippen LogP contribution >= 0.6 is 0 Å². The summed E-state index contributed by atoms with van der Waals surface area (Å²) in [5.41, 5.74) is 0.473. The molecule has 0 atom stereocenters. The molecule has 0 aliphatic rings. The number of nitrogens with zero attached hydrogens (tertiary/aromatic N) is 1. The summed E-state index contributed by atoms with van der Waals surface area (Å²) in [6.07, 6.45) is -0.478. The van der Waals surface area contributed by atoms with E-state index in [9.17, 15) is 9.18 Å². The minimum Gasteiger partial charge on any atom is -0.453 e. The molecule has 0 saturated heterocycles. The molecule has 0 unspecified atom stereocenters. The highest BCUT2D eigenvalue weighted by atomic mass is 19.1. The van der Waals surface area contributed by atoms with Crippen molar-refractivity contribution in [2.45, 2.75) is 6.54 Å². The number of hydrogen-bond acceptors (Lipinski definition) is 2. The van der Waals surface area contributed by atoms with E-state index in [1.807, 2.05) is 0 Å². The van der Waals surface area contributed by atoms with Crippen molar-refractivity contribution in [3.8, 4) is 0 Å². The third-order valence-corrected chi connectivity index (χ3v) is 1.85. The highest BCUT2D eigenvalue weighted by Crippen LogP contribution is 2.09. The predicted octanol–water partition coefficient (Wildman–Crippen LogP) is 2.02. The van der Waals surface area contributed by atoms with Crippen LogP contribution in [0.5, 0.6) is 0 Å². The number of amides is 1. The van der Waals surface area contributed by atoms with Gasteiger partial charge in [-0.25, -0.2) is 9.18 Å². The molecule has 0 radical (unpaired) electrons. The van der Waals surface area contributed by atoms with Gasteiger partial charge in [0.2, 0.25) is 0 Å². The summed E-state index contributed by atoms with van der Waals surface area (Å²) in [5.74, 6) is -0.316. The number of benzene rings is 1. The quantitative estimate of drug-likeness (QED) is 0.726. The van der Waals surface area contributed by atoms with Crippen molar-refractivity contribution >= 4 is 6.09 Å². The molecule has 0 aliphatic heterocycles. The zero-order valence-electron chi connectivity index (χ0n) is 8.16. The number of carbonyl (C=O) groups is 1. The minimum atomic E-state index is -0.478. The first-order chi connectivity index (χ1) is 6.65. The van der Waals surface area contributed by atoms with Crippen LogP contribution in [0.4, 0.5) is 9.18 Å². The fourth-order valence-corrected chi connectivity index (χ4v) is 1.10. The molecule has 0 fully saturated rings. The van der Waals surface area contributed by atoms with Crippen LogP contribution in [-0.4, -0.2) is 25.2 Å². The largest absolute Gasteiger partial charge is 0.453 e. The van der Waals surface area contributed by atoms with Gasteiger partial charge in [0.05, 0.1) is 13.7 Å². The average Bonchev–Trinajstić information content (AvgIpc) is 2.20. The molecule has 1 rings (SSSR count). The highest BCUT2D eigenvalue weighted by molar-refractivity contribution is 5.66. The molecule has 1 amide bonds. The van der Waals surface area contributed by atoms with E-state index in [-0.39, 0.29) is 12.4 Å². The molecule has 0 saturated carbocycles. The first-order valence-corrected chi connectivity index (χ1v) is 4.17. The van der Waals surface area contributed by atoms with Crippen LogP contribution in [-0.2, 0) is 11.3 Å². The van der Waals surface area contributed by atoms with E-state index in [4.69, 9.17) is 0 Å². The normalized spacial score (nSPS) is 9.64. The second-order valence-corrected chi connectivity index (χ2v) is 2.92. The predicted molar refractivity (Wildman–Crippen MR) is 50.3 cm³/mol. The molecule has 0 aliphatic carbocycles. The van der Waals surface area contributed by atoms with Gasteiger partial charge < -0.3 is 9.64 Å². The number of hydrogen-bond donors (Lipinski definition) is 0. The Labute approximate surface area is 82.1 Å². The lowest BCUT2D eigenvalue weighted by Crippen LogP contribution is -2.26. The topological polar surface area (TPSA) is 29.5 Å². The lowest BCUT2D eigenvalue weighted by Gasteiger charge is -2.15. The third-order valence-electron chi connectivity index (χ3n) is 1.85. The Morgan fingerprint density at radius 2 is 2.14 bits per heavy atom. The van der Waals surface area contributed by atoms with E-state index in [1.54, 1.807) is 25.2 Å². The van der Waals surface area contributed by atoms with Gasteiger partial charge in [0.15, 0.2) is 0 Å². The van der Waals surface area contributed by atoms with Crippen molar-refractivity contribution in [2.24, 2.45) is 0 Å². The van der Waals surface area contributed by atoms with Crippen molar-refractivity contribution < 1.29 is 13.9 Å². The molecule has 0 N–H and O–H groups in total. The fraction of sp³-hybridized carbons (Fsp3) is 0.300. The molecular weight excluding hydrogens is 185 g/mol. The van der Waals surface area contributed by atoms with Crippen LogP contribution in [0.3, 0.4) is 0 Å². The molecule has 0 aromatic heterocycles. The smallest absolute Gasteiger partial charge is 0.409 e. The molecule has 76 valence electrons. The van der Waals surface area contributed by atoms with Gasteiger partial charge in [-0.05, 0) is 6.07 Å². The summed E-state index contributed by atoms with van der Waals surface area (Å²) in [7, 11) is 2.85. The van der Waals surface area contributed by atoms with Crippen molar-refractivity contribution in [1.82, 2.24) is 4.90 Å². The lowest BCUT2D eigenvalue weighted by atomic mass is 10.2. The van der Waals surface area contributed by atoms with Crippen molar-refractivity contribution in [3.63, 3.8) is 0 Å². The highest BCUT2D eigenvalue weighted by Gasteiger charge is 2.10. The first kappa shape index (κ1) is 10.5. The Hall–Kier alpha value is -1.58. The fourth-order valence-electron chi connectivity index (χ4n) is 1.10. The number of methoxy groups -OCH3 is 1. The maximum atomic E-state index is 13.1. The molecule has 0 heterocycles. The van der Waals surface area contributed by atoms with Gasteiger partial charge in [0.1, 0.15) is 5.82 Å². The van der Waals surface area contributed by atoms with E-state index in [0.29, 0.717) is 5.56 Å². The summed E-state index contributed by atoms with van der Waals surface area (Å²) >= 11 is 0. The summed E-state index contributed by atoms with van der Waals surface area (Å²) in [6.45, 7) is 0.208.